The van der Waals surface area contributed by atoms with Gasteiger partial charge in [0.2, 0.25) is 0 Å². The van der Waals surface area contributed by atoms with Gasteiger partial charge in [0.25, 0.3) is 0 Å². The van der Waals surface area contributed by atoms with Gasteiger partial charge in [0.05, 0.1) is 0 Å². The minimum Gasteiger partial charge on any atom is -0.396 e. The predicted octanol–water partition coefficient (Wildman–Crippen LogP) is 2.00. The van der Waals surface area contributed by atoms with Gasteiger partial charge in [0.15, 0.2) is 0 Å². The Balaban J connectivity index is 1.86. The van der Waals surface area contributed by atoms with E-state index in [2.05, 4.69) is 35.2 Å². The molecule has 3 N–H and O–H groups in total. The zero-order valence-electron chi connectivity index (χ0n) is 11.7. The van der Waals surface area contributed by atoms with E-state index in [9.17, 15) is 0 Å². The number of hydrogen-bond donors (Lipinski definition) is 2. The van der Waals surface area contributed by atoms with E-state index in [0.29, 0.717) is 6.61 Å². The molecular formula is C16H26N2O. The molecule has 0 spiro atoms. The first-order chi connectivity index (χ1) is 9.28. The number of benzene rings is 1. The molecular weight excluding hydrogens is 236 g/mol. The van der Waals surface area contributed by atoms with E-state index < -0.39 is 0 Å². The highest BCUT2D eigenvalue weighted by Crippen LogP contribution is 2.35. The number of aliphatic hydroxyl groups excluding tert-OH is 1. The SMILES string of the molecule is NCC1(CCCCO)CCN(Cc2ccccc2)C1. The molecule has 3 nitrogen and oxygen atoms in total. The Morgan fingerprint density at radius 2 is 2.00 bits per heavy atom. The summed E-state index contributed by atoms with van der Waals surface area (Å²) in [6.07, 6.45) is 4.34. The lowest BCUT2D eigenvalue weighted by molar-refractivity contribution is 0.223. The van der Waals surface area contributed by atoms with Gasteiger partial charge in [-0.3, -0.25) is 4.90 Å². The quantitative estimate of drug-likeness (QED) is 0.739. The predicted molar refractivity (Wildman–Crippen MR) is 78.8 cm³/mol. The van der Waals surface area contributed by atoms with Crippen LogP contribution in [0.5, 0.6) is 0 Å². The highest BCUT2D eigenvalue weighted by Gasteiger charge is 2.36. The molecule has 1 atom stereocenters. The molecule has 2 rings (SSSR count). The first-order valence-corrected chi connectivity index (χ1v) is 7.35. The summed E-state index contributed by atoms with van der Waals surface area (Å²) in [5.41, 5.74) is 7.68. The summed E-state index contributed by atoms with van der Waals surface area (Å²) >= 11 is 0. The van der Waals surface area contributed by atoms with Crippen molar-refractivity contribution in [2.45, 2.75) is 32.2 Å². The largest absolute Gasteiger partial charge is 0.396 e. The number of nitrogens with two attached hydrogens (primary N) is 1. The Morgan fingerprint density at radius 3 is 2.68 bits per heavy atom. The fraction of sp³-hybridized carbons (Fsp3) is 0.625. The minimum atomic E-state index is 0.282. The topological polar surface area (TPSA) is 49.5 Å². The summed E-state index contributed by atoms with van der Waals surface area (Å²) in [5.74, 6) is 0. The minimum absolute atomic E-state index is 0.282. The van der Waals surface area contributed by atoms with Crippen LogP contribution in [0.3, 0.4) is 0 Å². The van der Waals surface area contributed by atoms with E-state index in [1.807, 2.05) is 0 Å². The van der Waals surface area contributed by atoms with Crippen molar-refractivity contribution < 1.29 is 5.11 Å². The van der Waals surface area contributed by atoms with Gasteiger partial charge in [-0.05, 0) is 43.3 Å². The number of hydrogen-bond acceptors (Lipinski definition) is 3. The molecule has 1 saturated heterocycles. The standard InChI is InChI=1S/C16H26N2O/c17-13-16(8-4-5-11-19)9-10-18(14-16)12-15-6-2-1-3-7-15/h1-3,6-7,19H,4-5,8-14,17H2. The lowest BCUT2D eigenvalue weighted by Crippen LogP contribution is -2.34. The van der Waals surface area contributed by atoms with Gasteiger partial charge in [0, 0.05) is 19.7 Å². The van der Waals surface area contributed by atoms with Gasteiger partial charge >= 0.3 is 0 Å². The Morgan fingerprint density at radius 1 is 1.21 bits per heavy atom. The van der Waals surface area contributed by atoms with Gasteiger partial charge in [0.1, 0.15) is 0 Å². The third kappa shape index (κ3) is 4.03. The van der Waals surface area contributed by atoms with Gasteiger partial charge in [-0.1, -0.05) is 36.8 Å². The second-order valence-corrected chi connectivity index (χ2v) is 5.83. The molecule has 0 aromatic heterocycles. The number of unbranched alkanes of at least 4 members (excludes halogenated alkanes) is 1. The average molecular weight is 262 g/mol. The number of aliphatic hydroxyl groups is 1. The van der Waals surface area contributed by atoms with E-state index in [-0.39, 0.29) is 5.41 Å². The second kappa shape index (κ2) is 7.04. The van der Waals surface area contributed by atoms with Crippen molar-refractivity contribution >= 4 is 0 Å². The first-order valence-electron chi connectivity index (χ1n) is 7.35. The van der Waals surface area contributed by atoms with Crippen LogP contribution in [-0.4, -0.2) is 36.2 Å². The molecule has 1 unspecified atom stereocenters. The number of nitrogens with zero attached hydrogens (tertiary/aromatic N) is 1. The van der Waals surface area contributed by atoms with Crippen molar-refractivity contribution in [3.63, 3.8) is 0 Å². The third-order valence-electron chi connectivity index (χ3n) is 4.31. The monoisotopic (exact) mass is 262 g/mol. The van der Waals surface area contributed by atoms with Crippen molar-refractivity contribution in [2.75, 3.05) is 26.2 Å². The van der Waals surface area contributed by atoms with Gasteiger partial charge < -0.3 is 10.8 Å². The van der Waals surface area contributed by atoms with E-state index >= 15 is 0 Å². The molecule has 0 radical (unpaired) electrons. The lowest BCUT2D eigenvalue weighted by atomic mass is 9.82. The maximum absolute atomic E-state index is 8.90. The normalized spacial score (nSPS) is 23.9. The molecule has 1 aromatic carbocycles. The molecule has 1 aliphatic heterocycles. The van der Waals surface area contributed by atoms with E-state index in [1.165, 1.54) is 12.0 Å². The molecule has 19 heavy (non-hydrogen) atoms. The lowest BCUT2D eigenvalue weighted by Gasteiger charge is -2.28. The number of rotatable bonds is 7. The van der Waals surface area contributed by atoms with Crippen LogP contribution in [0.25, 0.3) is 0 Å². The zero-order valence-corrected chi connectivity index (χ0v) is 11.7. The highest BCUT2D eigenvalue weighted by atomic mass is 16.2. The Bertz CT molecular complexity index is 368. The van der Waals surface area contributed by atoms with Crippen LogP contribution < -0.4 is 5.73 Å². The van der Waals surface area contributed by atoms with E-state index in [1.54, 1.807) is 0 Å². The summed E-state index contributed by atoms with van der Waals surface area (Å²) in [7, 11) is 0. The van der Waals surface area contributed by atoms with Crippen LogP contribution in [0.1, 0.15) is 31.2 Å². The molecule has 106 valence electrons. The molecule has 1 aromatic rings. The van der Waals surface area contributed by atoms with Crippen molar-refractivity contribution in [1.29, 1.82) is 0 Å². The molecule has 0 bridgehead atoms. The molecule has 3 heteroatoms. The van der Waals surface area contributed by atoms with Crippen LogP contribution in [0.2, 0.25) is 0 Å². The summed E-state index contributed by atoms with van der Waals surface area (Å²) in [5, 5.41) is 8.90. The smallest absolute Gasteiger partial charge is 0.0431 e. The van der Waals surface area contributed by atoms with E-state index in [0.717, 1.165) is 45.4 Å². The van der Waals surface area contributed by atoms with Gasteiger partial charge in [-0.15, -0.1) is 0 Å². The Kier molecular flexibility index (Phi) is 5.37. The summed E-state index contributed by atoms with van der Waals surface area (Å²) in [4.78, 5) is 2.52. The molecule has 1 aliphatic rings. The van der Waals surface area contributed by atoms with Gasteiger partial charge in [-0.25, -0.2) is 0 Å². The third-order valence-corrected chi connectivity index (χ3v) is 4.31. The summed E-state index contributed by atoms with van der Waals surface area (Å²) < 4.78 is 0. The maximum atomic E-state index is 8.90. The van der Waals surface area contributed by atoms with E-state index in [4.69, 9.17) is 10.8 Å². The summed E-state index contributed by atoms with van der Waals surface area (Å²) in [6.45, 7) is 4.34. The second-order valence-electron chi connectivity index (χ2n) is 5.83. The van der Waals surface area contributed by atoms with Crippen LogP contribution >= 0.6 is 0 Å². The molecule has 1 heterocycles. The Hall–Kier alpha value is -0.900. The summed E-state index contributed by atoms with van der Waals surface area (Å²) in [6, 6.07) is 10.6. The first kappa shape index (κ1) is 14.5. The zero-order chi connectivity index (χ0) is 13.6. The molecule has 0 amide bonds. The van der Waals surface area contributed by atoms with Crippen molar-refractivity contribution in [3.05, 3.63) is 35.9 Å². The fourth-order valence-corrected chi connectivity index (χ4v) is 3.09. The van der Waals surface area contributed by atoms with Crippen molar-refractivity contribution in [2.24, 2.45) is 11.1 Å². The number of likely N-dealkylation sites (tertiary alicyclic amines) is 1. The molecule has 1 fully saturated rings. The molecule has 0 saturated carbocycles. The van der Waals surface area contributed by atoms with Crippen LogP contribution in [0, 0.1) is 5.41 Å². The average Bonchev–Trinajstić information content (AvgIpc) is 2.84. The van der Waals surface area contributed by atoms with Crippen molar-refractivity contribution in [1.82, 2.24) is 4.90 Å². The van der Waals surface area contributed by atoms with Gasteiger partial charge in [-0.2, -0.15) is 0 Å². The molecule has 0 aliphatic carbocycles. The Labute approximate surface area is 116 Å². The van der Waals surface area contributed by atoms with Crippen LogP contribution in [0.15, 0.2) is 30.3 Å². The van der Waals surface area contributed by atoms with Crippen molar-refractivity contribution in [3.8, 4) is 0 Å². The fourth-order valence-electron chi connectivity index (χ4n) is 3.09. The van der Waals surface area contributed by atoms with Crippen LogP contribution in [0.4, 0.5) is 0 Å². The highest BCUT2D eigenvalue weighted by molar-refractivity contribution is 5.14. The van der Waals surface area contributed by atoms with Crippen LogP contribution in [-0.2, 0) is 6.54 Å². The maximum Gasteiger partial charge on any atom is 0.0431 e.